The molecule has 0 bridgehead atoms. The van der Waals surface area contributed by atoms with Crippen LogP contribution < -0.4 is 5.73 Å². The van der Waals surface area contributed by atoms with Crippen molar-refractivity contribution >= 4 is 11.5 Å². The summed E-state index contributed by atoms with van der Waals surface area (Å²) in [5.74, 6) is 1.29. The zero-order valence-electron chi connectivity index (χ0n) is 11.9. The maximum Gasteiger partial charge on any atom is 0.142 e. The van der Waals surface area contributed by atoms with Crippen LogP contribution in [-0.2, 0) is 0 Å². The lowest BCUT2D eigenvalue weighted by atomic mass is 9.99. The number of hydrogen-bond acceptors (Lipinski definition) is 3. The van der Waals surface area contributed by atoms with Crippen LogP contribution >= 0.6 is 0 Å². The lowest BCUT2D eigenvalue weighted by molar-refractivity contribution is 0.723. The van der Waals surface area contributed by atoms with Crippen LogP contribution in [-0.4, -0.2) is 14.4 Å². The molecule has 0 atom stereocenters. The molecular formula is C17H18N4. The molecule has 0 saturated heterocycles. The summed E-state index contributed by atoms with van der Waals surface area (Å²) in [6.45, 7) is 0. The number of fused-ring (bicyclic) bond motifs is 1. The first kappa shape index (κ1) is 12.4. The quantitative estimate of drug-likeness (QED) is 0.778. The molecule has 1 saturated carbocycles. The van der Waals surface area contributed by atoms with Gasteiger partial charge in [-0.1, -0.05) is 25.0 Å². The van der Waals surface area contributed by atoms with E-state index in [2.05, 4.69) is 17.1 Å². The molecular weight excluding hydrogens is 260 g/mol. The van der Waals surface area contributed by atoms with Crippen LogP contribution in [0.5, 0.6) is 0 Å². The van der Waals surface area contributed by atoms with Crippen molar-refractivity contribution in [3.63, 3.8) is 0 Å². The predicted octanol–water partition coefficient (Wildman–Crippen LogP) is 3.64. The predicted molar refractivity (Wildman–Crippen MR) is 84.0 cm³/mol. The van der Waals surface area contributed by atoms with Crippen molar-refractivity contribution in [1.82, 2.24) is 14.4 Å². The van der Waals surface area contributed by atoms with Crippen LogP contribution in [0.3, 0.4) is 0 Å². The maximum atomic E-state index is 6.30. The fourth-order valence-corrected chi connectivity index (χ4v) is 3.35. The van der Waals surface area contributed by atoms with Crippen LogP contribution in [0.25, 0.3) is 17.0 Å². The number of pyridine rings is 2. The highest BCUT2D eigenvalue weighted by Gasteiger charge is 2.22. The van der Waals surface area contributed by atoms with Crippen LogP contribution in [0.1, 0.15) is 37.2 Å². The molecule has 4 heteroatoms. The molecule has 0 radical (unpaired) electrons. The Morgan fingerprint density at radius 2 is 1.95 bits per heavy atom. The number of rotatable bonds is 2. The first-order valence-corrected chi connectivity index (χ1v) is 7.52. The molecule has 3 aromatic rings. The molecule has 3 heterocycles. The van der Waals surface area contributed by atoms with E-state index >= 15 is 0 Å². The molecule has 1 aliphatic rings. The summed E-state index contributed by atoms with van der Waals surface area (Å²) in [5.41, 5.74) is 10.2. The van der Waals surface area contributed by atoms with Crippen LogP contribution in [0.4, 0.5) is 5.82 Å². The molecule has 4 nitrogen and oxygen atoms in total. The molecule has 1 aliphatic carbocycles. The average molecular weight is 278 g/mol. The van der Waals surface area contributed by atoms with Crippen molar-refractivity contribution in [2.45, 2.75) is 31.6 Å². The van der Waals surface area contributed by atoms with Gasteiger partial charge in [-0.15, -0.1) is 0 Å². The third-order valence-electron chi connectivity index (χ3n) is 4.42. The number of imidazole rings is 1. The summed E-state index contributed by atoms with van der Waals surface area (Å²) >= 11 is 0. The second kappa shape index (κ2) is 4.88. The van der Waals surface area contributed by atoms with E-state index in [-0.39, 0.29) is 0 Å². The van der Waals surface area contributed by atoms with E-state index in [1.54, 1.807) is 6.20 Å². The number of hydrogen-bond donors (Lipinski definition) is 1. The molecule has 1 fully saturated rings. The van der Waals surface area contributed by atoms with Gasteiger partial charge in [0.25, 0.3) is 0 Å². The van der Waals surface area contributed by atoms with Crippen LogP contribution in [0.15, 0.2) is 42.7 Å². The average Bonchev–Trinajstić information content (AvgIpc) is 3.17. The lowest BCUT2D eigenvalue weighted by Gasteiger charge is -2.10. The highest BCUT2D eigenvalue weighted by atomic mass is 15.1. The Labute approximate surface area is 123 Å². The fourth-order valence-electron chi connectivity index (χ4n) is 3.35. The maximum absolute atomic E-state index is 6.30. The van der Waals surface area contributed by atoms with Gasteiger partial charge in [0, 0.05) is 12.4 Å². The Kier molecular flexibility index (Phi) is 2.88. The summed E-state index contributed by atoms with van der Waals surface area (Å²) < 4.78 is 2.00. The largest absolute Gasteiger partial charge is 0.383 e. The molecule has 21 heavy (non-hydrogen) atoms. The molecule has 0 unspecified atom stereocenters. The standard InChI is InChI=1S/C17H18N4/c18-16-15(14-9-3-4-10-19-14)20-17-13(8-5-11-21(16)17)12-6-1-2-7-12/h3-5,8-12H,1-2,6-7,18H2. The van der Waals surface area contributed by atoms with E-state index in [0.717, 1.165) is 17.0 Å². The molecule has 2 N–H and O–H groups in total. The minimum absolute atomic E-state index is 0.618. The SMILES string of the molecule is Nc1c(-c2ccccn2)nc2c(C3CCCC3)cccn12. The van der Waals surface area contributed by atoms with E-state index in [0.29, 0.717) is 11.7 Å². The summed E-state index contributed by atoms with van der Waals surface area (Å²) in [6.07, 6.45) is 8.90. The third-order valence-corrected chi connectivity index (χ3v) is 4.42. The van der Waals surface area contributed by atoms with Crippen molar-refractivity contribution in [2.24, 2.45) is 0 Å². The molecule has 106 valence electrons. The van der Waals surface area contributed by atoms with Gasteiger partial charge in [-0.3, -0.25) is 9.38 Å². The van der Waals surface area contributed by atoms with E-state index in [1.165, 1.54) is 31.2 Å². The van der Waals surface area contributed by atoms with E-state index in [9.17, 15) is 0 Å². The third kappa shape index (κ3) is 1.98. The summed E-state index contributed by atoms with van der Waals surface area (Å²) in [4.78, 5) is 9.18. The topological polar surface area (TPSA) is 56.2 Å². The van der Waals surface area contributed by atoms with Crippen LogP contribution in [0.2, 0.25) is 0 Å². The van der Waals surface area contributed by atoms with E-state index in [1.807, 2.05) is 28.8 Å². The molecule has 0 aromatic carbocycles. The van der Waals surface area contributed by atoms with Gasteiger partial charge in [0.05, 0.1) is 5.69 Å². The smallest absolute Gasteiger partial charge is 0.142 e. The second-order valence-corrected chi connectivity index (χ2v) is 5.70. The molecule has 4 rings (SSSR count). The van der Waals surface area contributed by atoms with E-state index < -0.39 is 0 Å². The van der Waals surface area contributed by atoms with Crippen molar-refractivity contribution in [3.8, 4) is 11.4 Å². The van der Waals surface area contributed by atoms with Gasteiger partial charge in [0.1, 0.15) is 17.2 Å². The first-order chi connectivity index (χ1) is 10.3. The molecule has 0 spiro atoms. The Morgan fingerprint density at radius 3 is 2.71 bits per heavy atom. The van der Waals surface area contributed by atoms with Gasteiger partial charge < -0.3 is 5.73 Å². The fraction of sp³-hybridized carbons (Fsp3) is 0.294. The number of nitrogens with two attached hydrogens (primary N) is 1. The van der Waals surface area contributed by atoms with Gasteiger partial charge in [-0.25, -0.2) is 4.98 Å². The van der Waals surface area contributed by atoms with Crippen LogP contribution in [0, 0.1) is 0 Å². The first-order valence-electron chi connectivity index (χ1n) is 7.52. The highest BCUT2D eigenvalue weighted by molar-refractivity contribution is 5.74. The monoisotopic (exact) mass is 278 g/mol. The Hall–Kier alpha value is -2.36. The highest BCUT2D eigenvalue weighted by Crippen LogP contribution is 2.37. The normalized spacial score (nSPS) is 15.8. The van der Waals surface area contributed by atoms with Crippen molar-refractivity contribution in [3.05, 3.63) is 48.3 Å². The second-order valence-electron chi connectivity index (χ2n) is 5.70. The number of nitrogen functional groups attached to an aromatic ring is 1. The minimum Gasteiger partial charge on any atom is -0.383 e. The molecule has 0 amide bonds. The van der Waals surface area contributed by atoms with Crippen molar-refractivity contribution in [1.29, 1.82) is 0 Å². The van der Waals surface area contributed by atoms with Gasteiger partial charge >= 0.3 is 0 Å². The Bertz CT molecular complexity index is 770. The van der Waals surface area contributed by atoms with Crippen molar-refractivity contribution < 1.29 is 0 Å². The number of anilines is 1. The lowest BCUT2D eigenvalue weighted by Crippen LogP contribution is -1.99. The van der Waals surface area contributed by atoms with Gasteiger partial charge in [0.15, 0.2) is 0 Å². The summed E-state index contributed by atoms with van der Waals surface area (Å²) in [7, 11) is 0. The van der Waals surface area contributed by atoms with E-state index in [4.69, 9.17) is 10.7 Å². The van der Waals surface area contributed by atoms with Gasteiger partial charge in [-0.2, -0.15) is 0 Å². The Morgan fingerprint density at radius 1 is 1.10 bits per heavy atom. The minimum atomic E-state index is 0.618. The summed E-state index contributed by atoms with van der Waals surface area (Å²) in [6, 6.07) is 10.1. The molecule has 0 aliphatic heterocycles. The zero-order chi connectivity index (χ0) is 14.2. The molecule has 3 aromatic heterocycles. The summed E-state index contributed by atoms with van der Waals surface area (Å²) in [5, 5.41) is 0. The number of nitrogens with zero attached hydrogens (tertiary/aromatic N) is 3. The van der Waals surface area contributed by atoms with Crippen molar-refractivity contribution in [2.75, 3.05) is 5.73 Å². The van der Waals surface area contributed by atoms with Gasteiger partial charge in [0.2, 0.25) is 0 Å². The Balaban J connectivity index is 1.91. The number of aromatic nitrogens is 3. The zero-order valence-corrected chi connectivity index (χ0v) is 11.9. The van der Waals surface area contributed by atoms with Gasteiger partial charge in [-0.05, 0) is 42.5 Å².